The molecule has 1 unspecified atom stereocenters. The Bertz CT molecular complexity index is 618. The van der Waals surface area contributed by atoms with E-state index in [2.05, 4.69) is 9.84 Å². The summed E-state index contributed by atoms with van der Waals surface area (Å²) >= 11 is 0. The van der Waals surface area contributed by atoms with Crippen LogP contribution in [-0.2, 0) is 15.7 Å². The second-order valence-corrected chi connectivity index (χ2v) is 7.18. The first-order chi connectivity index (χ1) is 10.4. The Hall–Kier alpha value is -1.57. The minimum absolute atomic E-state index is 0.0235. The summed E-state index contributed by atoms with van der Waals surface area (Å²) in [6.07, 6.45) is -0.533. The third-order valence-corrected chi connectivity index (χ3v) is 3.10. The number of rotatable bonds is 6. The predicted octanol–water partition coefficient (Wildman–Crippen LogP) is 1.26. The number of hydrogen-bond donors (Lipinski definition) is 6. The van der Waals surface area contributed by atoms with Crippen molar-refractivity contribution in [1.29, 1.82) is 0 Å². The number of aliphatic hydroxyl groups is 2. The summed E-state index contributed by atoms with van der Waals surface area (Å²) in [5, 5.41) is 32.0. The van der Waals surface area contributed by atoms with Gasteiger partial charge in [0.15, 0.2) is 0 Å². The van der Waals surface area contributed by atoms with Gasteiger partial charge in [0.05, 0.1) is 12.3 Å². The van der Waals surface area contributed by atoms with Crippen LogP contribution >= 0.6 is 7.82 Å². The molecule has 0 fully saturated rings. The fourth-order valence-corrected chi connectivity index (χ4v) is 2.05. The molecule has 1 rings (SSSR count). The Morgan fingerprint density at radius 2 is 2.00 bits per heavy atom. The Kier molecular flexibility index (Phi) is 6.21. The highest BCUT2D eigenvalue weighted by Gasteiger charge is 2.22. The van der Waals surface area contributed by atoms with Crippen molar-refractivity contribution < 1.29 is 34.2 Å². The fourth-order valence-electron chi connectivity index (χ4n) is 1.80. The van der Waals surface area contributed by atoms with Crippen LogP contribution in [0.1, 0.15) is 38.0 Å². The van der Waals surface area contributed by atoms with Gasteiger partial charge in [-0.25, -0.2) is 4.57 Å². The van der Waals surface area contributed by atoms with Gasteiger partial charge < -0.3 is 25.2 Å². The molecular weight excluding hydrogens is 325 g/mol. The molecule has 130 valence electrons. The molecular formula is C14H22NO7P. The molecule has 0 spiro atoms. The summed E-state index contributed by atoms with van der Waals surface area (Å²) < 4.78 is 15.2. The molecule has 0 saturated carbocycles. The maximum atomic E-state index is 10.9. The zero-order valence-corrected chi connectivity index (χ0v) is 14.0. The van der Waals surface area contributed by atoms with Gasteiger partial charge in [-0.2, -0.15) is 0 Å². The third-order valence-electron chi connectivity index (χ3n) is 2.72. The van der Waals surface area contributed by atoms with Gasteiger partial charge in [-0.05, 0) is 38.5 Å². The summed E-state index contributed by atoms with van der Waals surface area (Å²) in [4.78, 5) is 17.6. The molecule has 0 radical (unpaired) electrons. The molecule has 0 saturated heterocycles. The highest BCUT2D eigenvalue weighted by Crippen LogP contribution is 2.37. The van der Waals surface area contributed by atoms with E-state index in [0.29, 0.717) is 5.56 Å². The smallest absolute Gasteiger partial charge is 0.508 e. The van der Waals surface area contributed by atoms with Gasteiger partial charge >= 0.3 is 7.82 Å². The Balaban J connectivity index is 3.17. The second-order valence-electron chi connectivity index (χ2n) is 5.99. The van der Waals surface area contributed by atoms with Crippen LogP contribution in [0.5, 0.6) is 5.75 Å². The average molecular weight is 347 g/mol. The molecule has 0 heterocycles. The molecule has 6 N–H and O–H groups in total. The second kappa shape index (κ2) is 7.33. The van der Waals surface area contributed by atoms with Crippen LogP contribution in [0.3, 0.4) is 0 Å². The van der Waals surface area contributed by atoms with Crippen molar-refractivity contribution in [2.75, 3.05) is 0 Å². The van der Waals surface area contributed by atoms with E-state index in [-0.39, 0.29) is 17.0 Å². The van der Waals surface area contributed by atoms with E-state index in [0.717, 1.165) is 6.26 Å². The highest BCUT2D eigenvalue weighted by molar-refractivity contribution is 7.46. The zero-order chi connectivity index (χ0) is 17.8. The summed E-state index contributed by atoms with van der Waals surface area (Å²) in [6, 6.07) is 4.12. The van der Waals surface area contributed by atoms with Crippen LogP contribution < -0.4 is 5.32 Å². The van der Waals surface area contributed by atoms with Crippen LogP contribution in [0.25, 0.3) is 0 Å². The first-order valence-electron chi connectivity index (χ1n) is 6.76. The molecule has 1 atom stereocenters. The first-order valence-corrected chi connectivity index (χ1v) is 8.29. The number of hydrogen-bond acceptors (Lipinski definition) is 6. The van der Waals surface area contributed by atoms with Crippen molar-refractivity contribution in [1.82, 2.24) is 5.32 Å². The molecule has 8 nitrogen and oxygen atoms in total. The lowest BCUT2D eigenvalue weighted by Crippen LogP contribution is -2.37. The monoisotopic (exact) mass is 347 g/mol. The standard InChI is InChI=1S/C14H22NO7P/c1-14(2,3)15-11(8-22-23(19,20)21)13(18)9-4-5-12(17)10(6-9)7-16/h4-6,8,13,15-18H,7H2,1-3H3,(H2,19,20,21)/b11-8+. The lowest BCUT2D eigenvalue weighted by Gasteiger charge is -2.27. The van der Waals surface area contributed by atoms with Gasteiger partial charge in [0.25, 0.3) is 0 Å². The van der Waals surface area contributed by atoms with Gasteiger partial charge in [0.2, 0.25) is 0 Å². The van der Waals surface area contributed by atoms with E-state index in [1.807, 2.05) is 0 Å². The number of phosphoric ester groups is 1. The van der Waals surface area contributed by atoms with Crippen molar-refractivity contribution in [2.45, 2.75) is 39.0 Å². The van der Waals surface area contributed by atoms with Crippen LogP contribution in [0.2, 0.25) is 0 Å². The fraction of sp³-hybridized carbons (Fsp3) is 0.429. The maximum Gasteiger partial charge on any atom is 0.524 e. The molecule has 9 heteroatoms. The summed E-state index contributed by atoms with van der Waals surface area (Å²) in [5.74, 6) is -0.121. The molecule has 0 bridgehead atoms. The summed E-state index contributed by atoms with van der Waals surface area (Å²) in [5.41, 5.74) is 0.0362. The topological polar surface area (TPSA) is 139 Å². The molecule has 0 aliphatic rings. The lowest BCUT2D eigenvalue weighted by atomic mass is 10.0. The maximum absolute atomic E-state index is 10.9. The van der Waals surface area contributed by atoms with Crippen molar-refractivity contribution in [3.8, 4) is 5.75 Å². The van der Waals surface area contributed by atoms with Crippen molar-refractivity contribution in [3.05, 3.63) is 41.3 Å². The number of aromatic hydroxyl groups is 1. The summed E-state index contributed by atoms with van der Waals surface area (Å²) in [7, 11) is -4.75. The van der Waals surface area contributed by atoms with Crippen LogP contribution in [0.4, 0.5) is 0 Å². The number of benzene rings is 1. The highest BCUT2D eigenvalue weighted by atomic mass is 31.2. The molecule has 1 aromatic rings. The third kappa shape index (κ3) is 6.60. The van der Waals surface area contributed by atoms with Crippen molar-refractivity contribution in [3.63, 3.8) is 0 Å². The van der Waals surface area contributed by atoms with E-state index in [1.165, 1.54) is 18.2 Å². The normalized spacial score (nSPS) is 14.5. The molecule has 0 aliphatic carbocycles. The zero-order valence-electron chi connectivity index (χ0n) is 13.1. The molecule has 23 heavy (non-hydrogen) atoms. The van der Waals surface area contributed by atoms with Gasteiger partial charge in [-0.1, -0.05) is 6.07 Å². The number of aliphatic hydroxyl groups excluding tert-OH is 2. The molecule has 0 amide bonds. The largest absolute Gasteiger partial charge is 0.524 e. The quantitative estimate of drug-likeness (QED) is 0.334. The molecule has 0 aromatic heterocycles. The number of phenols is 1. The number of phosphoric acid groups is 1. The van der Waals surface area contributed by atoms with Crippen LogP contribution in [0.15, 0.2) is 30.2 Å². The van der Waals surface area contributed by atoms with Crippen molar-refractivity contribution >= 4 is 7.82 Å². The summed E-state index contributed by atoms with van der Waals surface area (Å²) in [6.45, 7) is 4.96. The van der Waals surface area contributed by atoms with Gasteiger partial charge in [-0.15, -0.1) is 0 Å². The Labute approximate surface area is 134 Å². The van der Waals surface area contributed by atoms with Crippen LogP contribution in [0, 0.1) is 0 Å². The van der Waals surface area contributed by atoms with Gasteiger partial charge in [0.1, 0.15) is 18.1 Å². The molecule has 1 aromatic carbocycles. The first kappa shape index (κ1) is 19.5. The van der Waals surface area contributed by atoms with E-state index in [9.17, 15) is 14.8 Å². The van der Waals surface area contributed by atoms with Crippen molar-refractivity contribution in [2.24, 2.45) is 0 Å². The van der Waals surface area contributed by atoms with Gasteiger partial charge in [-0.3, -0.25) is 9.79 Å². The van der Waals surface area contributed by atoms with E-state index >= 15 is 0 Å². The Morgan fingerprint density at radius 3 is 2.48 bits per heavy atom. The average Bonchev–Trinajstić information content (AvgIpc) is 2.41. The van der Waals surface area contributed by atoms with E-state index in [1.54, 1.807) is 20.8 Å². The van der Waals surface area contributed by atoms with Gasteiger partial charge in [0, 0.05) is 11.1 Å². The number of nitrogens with one attached hydrogen (secondary N) is 1. The minimum Gasteiger partial charge on any atom is -0.508 e. The lowest BCUT2D eigenvalue weighted by molar-refractivity contribution is 0.188. The van der Waals surface area contributed by atoms with E-state index in [4.69, 9.17) is 14.9 Å². The minimum atomic E-state index is -4.75. The SMILES string of the molecule is CC(C)(C)N/C(=C/OP(=O)(O)O)C(O)c1ccc(O)c(CO)c1. The molecule has 0 aliphatic heterocycles. The van der Waals surface area contributed by atoms with E-state index < -0.39 is 26.1 Å². The van der Waals surface area contributed by atoms with Crippen LogP contribution in [-0.4, -0.2) is 30.6 Å². The Morgan fingerprint density at radius 1 is 1.39 bits per heavy atom. The predicted molar refractivity (Wildman–Crippen MR) is 83.1 cm³/mol.